The van der Waals surface area contributed by atoms with E-state index in [1.54, 1.807) is 12.5 Å². The van der Waals surface area contributed by atoms with Crippen LogP contribution in [0.4, 0.5) is 0 Å². The van der Waals surface area contributed by atoms with Gasteiger partial charge in [-0.25, -0.2) is 0 Å². The molecule has 0 atom stereocenters. The monoisotopic (exact) mass is 198 g/mol. The molecule has 0 aromatic carbocycles. The standard InChI is InChI=1S/C12H22O2/c1-3-4-5-6-7-8-9-12(2)13-10-11-14-12/h10-11H,3-9H2,1-2H3. The molecule has 2 heteroatoms. The van der Waals surface area contributed by atoms with Crippen LogP contribution in [0.3, 0.4) is 0 Å². The average molecular weight is 198 g/mol. The number of unbranched alkanes of at least 4 members (excludes halogenated alkanes) is 5. The molecule has 82 valence electrons. The van der Waals surface area contributed by atoms with Gasteiger partial charge in [-0.1, -0.05) is 39.0 Å². The summed E-state index contributed by atoms with van der Waals surface area (Å²) in [5.41, 5.74) is 0. The molecule has 0 saturated carbocycles. The van der Waals surface area contributed by atoms with Gasteiger partial charge in [-0.2, -0.15) is 0 Å². The van der Waals surface area contributed by atoms with E-state index in [4.69, 9.17) is 9.47 Å². The van der Waals surface area contributed by atoms with Gasteiger partial charge in [0.25, 0.3) is 0 Å². The first kappa shape index (κ1) is 11.4. The van der Waals surface area contributed by atoms with Crippen LogP contribution in [0.1, 0.15) is 58.8 Å². The summed E-state index contributed by atoms with van der Waals surface area (Å²) in [4.78, 5) is 0. The fourth-order valence-electron chi connectivity index (χ4n) is 1.72. The molecule has 0 saturated heterocycles. The Bertz CT molecular complexity index is 167. The summed E-state index contributed by atoms with van der Waals surface area (Å²) in [7, 11) is 0. The van der Waals surface area contributed by atoms with Crippen LogP contribution in [0.15, 0.2) is 12.5 Å². The van der Waals surface area contributed by atoms with Gasteiger partial charge >= 0.3 is 0 Å². The van der Waals surface area contributed by atoms with Crippen molar-refractivity contribution < 1.29 is 9.47 Å². The van der Waals surface area contributed by atoms with Gasteiger partial charge in [0.15, 0.2) is 0 Å². The van der Waals surface area contributed by atoms with E-state index in [-0.39, 0.29) is 5.79 Å². The highest BCUT2D eigenvalue weighted by Gasteiger charge is 2.28. The fourth-order valence-corrected chi connectivity index (χ4v) is 1.72. The summed E-state index contributed by atoms with van der Waals surface area (Å²) in [5.74, 6) is -0.370. The fraction of sp³-hybridized carbons (Fsp3) is 0.833. The average Bonchev–Trinajstić information content (AvgIpc) is 2.59. The Morgan fingerprint density at radius 3 is 2.14 bits per heavy atom. The van der Waals surface area contributed by atoms with Gasteiger partial charge in [-0.15, -0.1) is 0 Å². The van der Waals surface area contributed by atoms with Crippen LogP contribution < -0.4 is 0 Å². The molecule has 1 aliphatic heterocycles. The molecule has 14 heavy (non-hydrogen) atoms. The smallest absolute Gasteiger partial charge is 0.247 e. The van der Waals surface area contributed by atoms with E-state index in [2.05, 4.69) is 6.92 Å². The first-order valence-corrected chi connectivity index (χ1v) is 5.77. The summed E-state index contributed by atoms with van der Waals surface area (Å²) in [6.45, 7) is 4.24. The largest absolute Gasteiger partial charge is 0.457 e. The van der Waals surface area contributed by atoms with Crippen molar-refractivity contribution in [2.24, 2.45) is 0 Å². The van der Waals surface area contributed by atoms with Gasteiger partial charge in [0, 0.05) is 13.3 Å². The van der Waals surface area contributed by atoms with Crippen molar-refractivity contribution in [2.45, 2.75) is 64.6 Å². The highest BCUT2D eigenvalue weighted by atomic mass is 16.7. The van der Waals surface area contributed by atoms with E-state index in [9.17, 15) is 0 Å². The third kappa shape index (κ3) is 4.03. The summed E-state index contributed by atoms with van der Waals surface area (Å²) in [5, 5.41) is 0. The summed E-state index contributed by atoms with van der Waals surface area (Å²) in [6.07, 6.45) is 12.1. The Balaban J connectivity index is 1.93. The maximum atomic E-state index is 5.37. The maximum Gasteiger partial charge on any atom is 0.247 e. The predicted octanol–water partition coefficient (Wildman–Crippen LogP) is 3.97. The minimum Gasteiger partial charge on any atom is -0.457 e. The van der Waals surface area contributed by atoms with Crippen molar-refractivity contribution in [3.63, 3.8) is 0 Å². The Kier molecular flexibility index (Phi) is 4.85. The van der Waals surface area contributed by atoms with Crippen molar-refractivity contribution in [3.8, 4) is 0 Å². The van der Waals surface area contributed by atoms with Crippen LogP contribution in [-0.4, -0.2) is 5.79 Å². The molecular formula is C12H22O2. The number of hydrogen-bond donors (Lipinski definition) is 0. The van der Waals surface area contributed by atoms with Gasteiger partial charge in [-0.3, -0.25) is 0 Å². The lowest BCUT2D eigenvalue weighted by atomic mass is 10.1. The van der Waals surface area contributed by atoms with Crippen molar-refractivity contribution in [1.82, 2.24) is 0 Å². The molecule has 1 rings (SSSR count). The zero-order valence-electron chi connectivity index (χ0n) is 9.42. The van der Waals surface area contributed by atoms with E-state index < -0.39 is 0 Å². The molecule has 0 aliphatic carbocycles. The second kappa shape index (κ2) is 5.94. The molecule has 0 spiro atoms. The normalized spacial score (nSPS) is 17.9. The Labute approximate surface area is 87.3 Å². The highest BCUT2D eigenvalue weighted by molar-refractivity contribution is 4.79. The van der Waals surface area contributed by atoms with Crippen LogP contribution in [0.25, 0.3) is 0 Å². The topological polar surface area (TPSA) is 18.5 Å². The van der Waals surface area contributed by atoms with Crippen molar-refractivity contribution in [3.05, 3.63) is 12.5 Å². The quantitative estimate of drug-likeness (QED) is 0.576. The zero-order chi connectivity index (χ0) is 10.3. The van der Waals surface area contributed by atoms with Crippen molar-refractivity contribution >= 4 is 0 Å². The minimum atomic E-state index is -0.370. The second-order valence-electron chi connectivity index (χ2n) is 4.16. The molecule has 0 aromatic rings. The maximum absolute atomic E-state index is 5.37. The van der Waals surface area contributed by atoms with Gasteiger partial charge < -0.3 is 9.47 Å². The molecule has 0 amide bonds. The molecule has 0 aromatic heterocycles. The Morgan fingerprint density at radius 2 is 1.50 bits per heavy atom. The molecule has 0 N–H and O–H groups in total. The van der Waals surface area contributed by atoms with E-state index in [0.717, 1.165) is 6.42 Å². The molecule has 1 aliphatic rings. The molecule has 2 nitrogen and oxygen atoms in total. The number of hydrogen-bond acceptors (Lipinski definition) is 2. The summed E-state index contributed by atoms with van der Waals surface area (Å²) >= 11 is 0. The lowest BCUT2D eigenvalue weighted by molar-refractivity contribution is -0.131. The van der Waals surface area contributed by atoms with Crippen LogP contribution in [-0.2, 0) is 9.47 Å². The Hall–Kier alpha value is -0.660. The van der Waals surface area contributed by atoms with Crippen LogP contribution in [0, 0.1) is 0 Å². The third-order valence-corrected chi connectivity index (χ3v) is 2.67. The minimum absolute atomic E-state index is 0.370. The van der Waals surface area contributed by atoms with E-state index >= 15 is 0 Å². The molecular weight excluding hydrogens is 176 g/mol. The SMILES string of the molecule is CCCCCCCCC1(C)OC=CO1. The molecule has 0 unspecified atom stereocenters. The molecule has 0 fully saturated rings. The second-order valence-corrected chi connectivity index (χ2v) is 4.16. The van der Waals surface area contributed by atoms with Crippen molar-refractivity contribution in [2.75, 3.05) is 0 Å². The highest BCUT2D eigenvalue weighted by Crippen LogP contribution is 2.25. The van der Waals surface area contributed by atoms with E-state index in [1.165, 1.54) is 38.5 Å². The number of ether oxygens (including phenoxy) is 2. The Morgan fingerprint density at radius 1 is 0.929 bits per heavy atom. The molecule has 0 bridgehead atoms. The van der Waals surface area contributed by atoms with Gasteiger partial charge in [-0.05, 0) is 6.42 Å². The van der Waals surface area contributed by atoms with Crippen LogP contribution in [0.2, 0.25) is 0 Å². The molecule has 1 heterocycles. The van der Waals surface area contributed by atoms with Crippen LogP contribution >= 0.6 is 0 Å². The summed E-state index contributed by atoms with van der Waals surface area (Å²) in [6, 6.07) is 0. The van der Waals surface area contributed by atoms with E-state index in [1.807, 2.05) is 6.92 Å². The predicted molar refractivity (Wildman–Crippen MR) is 57.7 cm³/mol. The lowest BCUT2D eigenvalue weighted by Gasteiger charge is -2.22. The third-order valence-electron chi connectivity index (χ3n) is 2.67. The van der Waals surface area contributed by atoms with Gasteiger partial charge in [0.05, 0.1) is 0 Å². The van der Waals surface area contributed by atoms with Gasteiger partial charge in [0.1, 0.15) is 12.5 Å². The summed E-state index contributed by atoms with van der Waals surface area (Å²) < 4.78 is 10.7. The van der Waals surface area contributed by atoms with Crippen molar-refractivity contribution in [1.29, 1.82) is 0 Å². The first-order chi connectivity index (χ1) is 6.77. The zero-order valence-corrected chi connectivity index (χ0v) is 9.42. The first-order valence-electron chi connectivity index (χ1n) is 5.77. The lowest BCUT2D eigenvalue weighted by Crippen LogP contribution is -2.24. The van der Waals surface area contributed by atoms with Crippen LogP contribution in [0.5, 0.6) is 0 Å². The number of rotatable bonds is 7. The van der Waals surface area contributed by atoms with E-state index in [0.29, 0.717) is 0 Å². The van der Waals surface area contributed by atoms with Gasteiger partial charge in [0.2, 0.25) is 5.79 Å². The molecule has 0 radical (unpaired) electrons.